The number of nitrogens with zero attached hydrogens (tertiary/aromatic N) is 3. The van der Waals surface area contributed by atoms with Gasteiger partial charge in [-0.25, -0.2) is 0 Å². The maximum atomic E-state index is 12.0. The fraction of sp³-hybridized carbons (Fsp3) is 0.286. The molecular weight excluding hydrogens is 288 g/mol. The van der Waals surface area contributed by atoms with Crippen LogP contribution in [0.25, 0.3) is 0 Å². The number of hydrogen-bond donors (Lipinski definition) is 1. The van der Waals surface area contributed by atoms with Crippen molar-refractivity contribution in [2.24, 2.45) is 0 Å². The van der Waals surface area contributed by atoms with Gasteiger partial charge in [-0.2, -0.15) is 0 Å². The first-order valence-corrected chi connectivity index (χ1v) is 7.54. The number of carbonyl (C=O) groups is 2. The fourth-order valence-corrected chi connectivity index (χ4v) is 2.69. The van der Waals surface area contributed by atoms with Gasteiger partial charge in [-0.15, -0.1) is 10.2 Å². The lowest BCUT2D eigenvalue weighted by atomic mass is 10.1. The first-order chi connectivity index (χ1) is 10.2. The molecule has 2 amide bonds. The maximum absolute atomic E-state index is 12.0. The highest BCUT2D eigenvalue weighted by Crippen LogP contribution is 2.15. The first kappa shape index (κ1) is 13.7. The zero-order valence-corrected chi connectivity index (χ0v) is 12.1. The van der Waals surface area contributed by atoms with E-state index in [1.165, 1.54) is 11.3 Å². The molecule has 21 heavy (non-hydrogen) atoms. The number of rotatable bonds is 4. The number of carbonyl (C=O) groups excluding carboxylic acids is 2. The van der Waals surface area contributed by atoms with Gasteiger partial charge in [0.05, 0.1) is 0 Å². The molecule has 1 fully saturated rings. The predicted octanol–water partition coefficient (Wildman–Crippen LogP) is 1.91. The summed E-state index contributed by atoms with van der Waals surface area (Å²) in [6, 6.07) is 7.26. The van der Waals surface area contributed by atoms with Crippen LogP contribution in [0.3, 0.4) is 0 Å². The number of likely N-dealkylation sites (tertiary alicyclic amines) is 1. The summed E-state index contributed by atoms with van der Waals surface area (Å²) in [5.41, 5.74) is 3.14. The minimum absolute atomic E-state index is 0.202. The Kier molecular flexibility index (Phi) is 3.92. The van der Waals surface area contributed by atoms with Crippen LogP contribution in [0.5, 0.6) is 0 Å². The number of nitrogens with one attached hydrogen (secondary N) is 1. The molecule has 0 radical (unpaired) electrons. The van der Waals surface area contributed by atoms with Crippen LogP contribution in [0, 0.1) is 0 Å². The average molecular weight is 302 g/mol. The third-order valence-corrected chi connectivity index (χ3v) is 3.95. The zero-order chi connectivity index (χ0) is 14.7. The van der Waals surface area contributed by atoms with E-state index in [2.05, 4.69) is 15.5 Å². The van der Waals surface area contributed by atoms with Gasteiger partial charge in [0.15, 0.2) is 0 Å². The largest absolute Gasteiger partial charge is 0.338 e. The van der Waals surface area contributed by atoms with Crippen molar-refractivity contribution in [2.75, 3.05) is 11.9 Å². The fourth-order valence-electron chi connectivity index (χ4n) is 2.25. The third-order valence-electron chi connectivity index (χ3n) is 3.34. The highest BCUT2D eigenvalue weighted by molar-refractivity contribution is 7.13. The van der Waals surface area contributed by atoms with Gasteiger partial charge in [-0.3, -0.25) is 14.9 Å². The Balaban J connectivity index is 1.63. The zero-order valence-electron chi connectivity index (χ0n) is 11.3. The molecule has 1 aromatic heterocycles. The van der Waals surface area contributed by atoms with E-state index in [-0.39, 0.29) is 11.8 Å². The maximum Gasteiger partial charge on any atom is 0.257 e. The van der Waals surface area contributed by atoms with E-state index in [1.54, 1.807) is 17.6 Å². The molecule has 1 saturated heterocycles. The molecule has 0 unspecified atom stereocenters. The molecule has 1 aliphatic heterocycles. The molecule has 1 aromatic carbocycles. The summed E-state index contributed by atoms with van der Waals surface area (Å²) in [6.07, 6.45) is 1.57. The summed E-state index contributed by atoms with van der Waals surface area (Å²) in [6.45, 7) is 1.43. The van der Waals surface area contributed by atoms with Gasteiger partial charge in [-0.05, 0) is 24.1 Å². The topological polar surface area (TPSA) is 75.2 Å². The smallest absolute Gasteiger partial charge is 0.257 e. The van der Waals surface area contributed by atoms with E-state index >= 15 is 0 Å². The molecule has 1 aliphatic rings. The van der Waals surface area contributed by atoms with E-state index in [4.69, 9.17) is 0 Å². The van der Waals surface area contributed by atoms with Crippen molar-refractivity contribution in [2.45, 2.75) is 19.4 Å². The summed E-state index contributed by atoms with van der Waals surface area (Å²) >= 11 is 1.27. The molecule has 108 valence electrons. The Morgan fingerprint density at radius 3 is 2.76 bits per heavy atom. The third kappa shape index (κ3) is 3.25. The Morgan fingerprint density at radius 1 is 1.33 bits per heavy atom. The molecule has 3 rings (SSSR count). The van der Waals surface area contributed by atoms with E-state index in [1.807, 2.05) is 17.0 Å². The molecule has 2 heterocycles. The SMILES string of the molecule is O=C(Nc1nncs1)c1ccc(CN2CCCC2=O)cc1. The van der Waals surface area contributed by atoms with Crippen LogP contribution in [0.15, 0.2) is 29.8 Å². The standard InChI is InChI=1S/C14H14N4O2S/c19-12-2-1-7-18(12)8-10-3-5-11(6-4-10)13(20)16-14-17-15-9-21-14/h3-6,9H,1-2,7-8H2,(H,16,17,20). The van der Waals surface area contributed by atoms with Crippen molar-refractivity contribution in [3.63, 3.8) is 0 Å². The lowest BCUT2D eigenvalue weighted by Crippen LogP contribution is -2.23. The van der Waals surface area contributed by atoms with Gasteiger partial charge in [0.2, 0.25) is 11.0 Å². The molecule has 0 atom stereocenters. The molecule has 7 heteroatoms. The highest BCUT2D eigenvalue weighted by atomic mass is 32.1. The predicted molar refractivity (Wildman–Crippen MR) is 79.0 cm³/mol. The van der Waals surface area contributed by atoms with Crippen molar-refractivity contribution < 1.29 is 9.59 Å². The second kappa shape index (κ2) is 6.01. The van der Waals surface area contributed by atoms with Gasteiger partial charge in [0.1, 0.15) is 5.51 Å². The van der Waals surface area contributed by atoms with Gasteiger partial charge < -0.3 is 4.90 Å². The molecule has 0 bridgehead atoms. The molecule has 6 nitrogen and oxygen atoms in total. The van der Waals surface area contributed by atoms with Crippen molar-refractivity contribution in [1.82, 2.24) is 15.1 Å². The van der Waals surface area contributed by atoms with Crippen LogP contribution in [0.1, 0.15) is 28.8 Å². The molecule has 0 saturated carbocycles. The Bertz CT molecular complexity index is 640. The molecular formula is C14H14N4O2S. The summed E-state index contributed by atoms with van der Waals surface area (Å²) in [7, 11) is 0. The van der Waals surface area contributed by atoms with Crippen molar-refractivity contribution in [1.29, 1.82) is 0 Å². The van der Waals surface area contributed by atoms with Crippen LogP contribution in [-0.4, -0.2) is 33.5 Å². The van der Waals surface area contributed by atoms with Crippen LogP contribution in [0.2, 0.25) is 0 Å². The number of anilines is 1. The lowest BCUT2D eigenvalue weighted by Gasteiger charge is -2.15. The van der Waals surface area contributed by atoms with E-state index in [0.29, 0.717) is 23.7 Å². The Morgan fingerprint density at radius 2 is 2.14 bits per heavy atom. The second-order valence-corrected chi connectivity index (χ2v) is 5.65. The lowest BCUT2D eigenvalue weighted by molar-refractivity contribution is -0.128. The van der Waals surface area contributed by atoms with Gasteiger partial charge in [0.25, 0.3) is 5.91 Å². The summed E-state index contributed by atoms with van der Waals surface area (Å²) in [5, 5.41) is 10.6. The van der Waals surface area contributed by atoms with E-state index in [9.17, 15) is 9.59 Å². The van der Waals surface area contributed by atoms with Crippen LogP contribution in [-0.2, 0) is 11.3 Å². The van der Waals surface area contributed by atoms with Crippen LogP contribution in [0.4, 0.5) is 5.13 Å². The van der Waals surface area contributed by atoms with Crippen LogP contribution < -0.4 is 5.32 Å². The van der Waals surface area contributed by atoms with E-state index < -0.39 is 0 Å². The number of aromatic nitrogens is 2. The Labute approximate surface area is 125 Å². The van der Waals surface area contributed by atoms with Gasteiger partial charge in [0, 0.05) is 25.1 Å². The Hall–Kier alpha value is -2.28. The van der Waals surface area contributed by atoms with Crippen molar-refractivity contribution in [3.05, 3.63) is 40.9 Å². The summed E-state index contributed by atoms with van der Waals surface area (Å²) in [4.78, 5) is 25.4. The first-order valence-electron chi connectivity index (χ1n) is 6.66. The normalized spacial score (nSPS) is 14.5. The minimum atomic E-state index is -0.212. The number of hydrogen-bond acceptors (Lipinski definition) is 5. The van der Waals surface area contributed by atoms with Gasteiger partial charge >= 0.3 is 0 Å². The molecule has 0 spiro atoms. The highest BCUT2D eigenvalue weighted by Gasteiger charge is 2.20. The molecule has 0 aliphatic carbocycles. The molecule has 2 aromatic rings. The summed E-state index contributed by atoms with van der Waals surface area (Å²) in [5.74, 6) is -0.0105. The number of benzene rings is 1. The monoisotopic (exact) mass is 302 g/mol. The average Bonchev–Trinajstić information content (AvgIpc) is 3.12. The van der Waals surface area contributed by atoms with Crippen molar-refractivity contribution in [3.8, 4) is 0 Å². The van der Waals surface area contributed by atoms with Crippen LogP contribution >= 0.6 is 11.3 Å². The van der Waals surface area contributed by atoms with E-state index in [0.717, 1.165) is 18.5 Å². The van der Waals surface area contributed by atoms with Crippen molar-refractivity contribution >= 4 is 28.3 Å². The summed E-state index contributed by atoms with van der Waals surface area (Å²) < 4.78 is 0. The van der Waals surface area contributed by atoms with Gasteiger partial charge in [-0.1, -0.05) is 23.5 Å². The molecule has 1 N–H and O–H groups in total. The minimum Gasteiger partial charge on any atom is -0.338 e. The number of amides is 2. The quantitative estimate of drug-likeness (QED) is 0.936. The second-order valence-electron chi connectivity index (χ2n) is 4.81.